The van der Waals surface area contributed by atoms with Crippen LogP contribution >= 0.6 is 0 Å². The van der Waals surface area contributed by atoms with Gasteiger partial charge >= 0.3 is 0 Å². The number of amides is 1. The van der Waals surface area contributed by atoms with Crippen molar-refractivity contribution in [1.82, 2.24) is 29.9 Å². The quantitative estimate of drug-likeness (QED) is 0.473. The van der Waals surface area contributed by atoms with Gasteiger partial charge in [-0.2, -0.15) is 5.10 Å². The van der Waals surface area contributed by atoms with Crippen LogP contribution in [0.25, 0.3) is 10.9 Å². The number of piperidine rings is 1. The standard InChI is InChI=1S/C31H45N7O4/c1-6-36-12-13-37(19-23-17-33-35(2)18-23)11-9-28(39)32-16-22-8-7-10-38(20-22)31-24(21-36)14-25-26(34-31)15-27(40-3)30(42-5)29(25)41-4/h14-15,17-18,22H,6-13,16,19-21H2,1-5H3,(H,32,39). The maximum atomic E-state index is 12.9. The highest BCUT2D eigenvalue weighted by Gasteiger charge is 2.27. The van der Waals surface area contributed by atoms with E-state index in [9.17, 15) is 4.79 Å². The predicted molar refractivity (Wildman–Crippen MR) is 163 cm³/mol. The van der Waals surface area contributed by atoms with Crippen LogP contribution in [0.1, 0.15) is 37.3 Å². The number of fused-ring (bicyclic) bond motifs is 5. The molecule has 0 spiro atoms. The molecule has 1 unspecified atom stereocenters. The van der Waals surface area contributed by atoms with Crippen molar-refractivity contribution in [1.29, 1.82) is 0 Å². The molecule has 11 nitrogen and oxygen atoms in total. The molecule has 1 fully saturated rings. The fraction of sp³-hybridized carbons (Fsp3) is 0.581. The van der Waals surface area contributed by atoms with Gasteiger partial charge in [0.25, 0.3) is 0 Å². The van der Waals surface area contributed by atoms with Gasteiger partial charge < -0.3 is 24.4 Å². The zero-order valence-corrected chi connectivity index (χ0v) is 25.7. The molecule has 1 atom stereocenters. The van der Waals surface area contributed by atoms with Gasteiger partial charge in [-0.05, 0) is 31.4 Å². The number of ether oxygens (including phenoxy) is 3. The third kappa shape index (κ3) is 6.73. The summed E-state index contributed by atoms with van der Waals surface area (Å²) in [6.45, 7) is 9.49. The van der Waals surface area contributed by atoms with E-state index < -0.39 is 0 Å². The largest absolute Gasteiger partial charge is 0.493 e. The Bertz CT molecular complexity index is 1380. The van der Waals surface area contributed by atoms with E-state index in [2.05, 4.69) is 38.1 Å². The topological polar surface area (TPSA) is 97.2 Å². The Morgan fingerprint density at radius 3 is 2.55 bits per heavy atom. The van der Waals surface area contributed by atoms with Gasteiger partial charge in [0.05, 0.1) is 33.0 Å². The second-order valence-corrected chi connectivity index (χ2v) is 11.4. The molecular weight excluding hydrogens is 534 g/mol. The molecule has 0 saturated carbocycles. The fourth-order valence-corrected chi connectivity index (χ4v) is 6.20. The molecule has 2 aromatic heterocycles. The van der Waals surface area contributed by atoms with Gasteiger partial charge in [0.15, 0.2) is 11.5 Å². The Hall–Kier alpha value is -3.57. The number of anilines is 1. The molecule has 2 bridgehead atoms. The molecule has 11 heteroatoms. The average molecular weight is 580 g/mol. The van der Waals surface area contributed by atoms with Crippen molar-refractivity contribution in [2.45, 2.75) is 39.3 Å². The van der Waals surface area contributed by atoms with Crippen LogP contribution in [0.15, 0.2) is 24.5 Å². The van der Waals surface area contributed by atoms with Crippen LogP contribution in [0.4, 0.5) is 5.82 Å². The number of aryl methyl sites for hydroxylation is 1. The van der Waals surface area contributed by atoms with Crippen LogP contribution in [0, 0.1) is 5.92 Å². The van der Waals surface area contributed by atoms with Crippen molar-refractivity contribution < 1.29 is 19.0 Å². The minimum absolute atomic E-state index is 0.114. The van der Waals surface area contributed by atoms with E-state index in [0.29, 0.717) is 42.7 Å². The number of likely N-dealkylation sites (N-methyl/N-ethyl adjacent to an activating group) is 1. The number of carbonyl (C=O) groups is 1. The number of pyridine rings is 1. The van der Waals surface area contributed by atoms with Crippen molar-refractivity contribution in [2.24, 2.45) is 13.0 Å². The van der Waals surface area contributed by atoms with Crippen LogP contribution in [0.2, 0.25) is 0 Å². The lowest BCUT2D eigenvalue weighted by Gasteiger charge is -2.35. The SMILES string of the molecule is CCN1CCN(Cc2cnn(C)c2)CCC(=O)NCC2CCCN(C2)c2nc3cc(OC)c(OC)c(OC)c3cc2C1. The number of nitrogens with one attached hydrogen (secondary N) is 1. The number of hydrogen-bond acceptors (Lipinski definition) is 9. The third-order valence-electron chi connectivity index (χ3n) is 8.48. The van der Waals surface area contributed by atoms with Crippen molar-refractivity contribution in [3.8, 4) is 17.2 Å². The molecule has 4 heterocycles. The zero-order valence-electron chi connectivity index (χ0n) is 25.7. The van der Waals surface area contributed by atoms with E-state index in [1.807, 2.05) is 30.2 Å². The summed E-state index contributed by atoms with van der Waals surface area (Å²) in [5, 5.41) is 8.47. The number of rotatable bonds is 6. The highest BCUT2D eigenvalue weighted by atomic mass is 16.5. The molecule has 1 aromatic carbocycles. The van der Waals surface area contributed by atoms with E-state index in [1.54, 1.807) is 21.3 Å². The first-order valence-corrected chi connectivity index (χ1v) is 15.0. The van der Waals surface area contributed by atoms with Gasteiger partial charge in [-0.25, -0.2) is 4.98 Å². The molecule has 228 valence electrons. The van der Waals surface area contributed by atoms with E-state index in [0.717, 1.165) is 86.5 Å². The Labute approximate surface area is 248 Å². The molecule has 1 saturated heterocycles. The first kappa shape index (κ1) is 29.9. The number of benzene rings is 1. The molecule has 42 heavy (non-hydrogen) atoms. The molecule has 0 radical (unpaired) electrons. The minimum atomic E-state index is 0.114. The molecule has 2 aliphatic heterocycles. The Morgan fingerprint density at radius 2 is 1.83 bits per heavy atom. The molecular formula is C31H45N7O4. The fourth-order valence-electron chi connectivity index (χ4n) is 6.20. The first-order valence-electron chi connectivity index (χ1n) is 15.0. The number of hydrogen-bond donors (Lipinski definition) is 1. The summed E-state index contributed by atoms with van der Waals surface area (Å²) in [5.74, 6) is 3.26. The number of nitrogens with zero attached hydrogens (tertiary/aromatic N) is 6. The molecule has 5 rings (SSSR count). The summed E-state index contributed by atoms with van der Waals surface area (Å²) in [5.41, 5.74) is 3.12. The maximum absolute atomic E-state index is 12.9. The summed E-state index contributed by atoms with van der Waals surface area (Å²) in [4.78, 5) is 25.4. The summed E-state index contributed by atoms with van der Waals surface area (Å²) >= 11 is 0. The van der Waals surface area contributed by atoms with Gasteiger partial charge in [0, 0.05) is 94.6 Å². The van der Waals surface area contributed by atoms with E-state index >= 15 is 0 Å². The first-order chi connectivity index (χ1) is 20.4. The smallest absolute Gasteiger partial charge is 0.221 e. The predicted octanol–water partition coefficient (Wildman–Crippen LogP) is 3.05. The maximum Gasteiger partial charge on any atom is 0.221 e. The zero-order chi connectivity index (χ0) is 29.6. The number of carbonyl (C=O) groups excluding carboxylic acids is 1. The lowest BCUT2D eigenvalue weighted by Crippen LogP contribution is -2.42. The van der Waals surface area contributed by atoms with Crippen LogP contribution in [-0.2, 0) is 24.9 Å². The number of aromatic nitrogens is 3. The summed E-state index contributed by atoms with van der Waals surface area (Å²) in [6, 6.07) is 4.15. The van der Waals surface area contributed by atoms with Crippen LogP contribution in [-0.4, -0.2) is 97.6 Å². The number of methoxy groups -OCH3 is 3. The van der Waals surface area contributed by atoms with Gasteiger partial charge in [-0.15, -0.1) is 0 Å². The third-order valence-corrected chi connectivity index (χ3v) is 8.48. The molecule has 1 amide bonds. The van der Waals surface area contributed by atoms with Gasteiger partial charge in [-0.1, -0.05) is 6.92 Å². The van der Waals surface area contributed by atoms with Gasteiger partial charge in [-0.3, -0.25) is 19.3 Å². The van der Waals surface area contributed by atoms with E-state index in [4.69, 9.17) is 19.2 Å². The van der Waals surface area contributed by atoms with Gasteiger partial charge in [0.1, 0.15) is 5.82 Å². The molecule has 1 N–H and O–H groups in total. The van der Waals surface area contributed by atoms with Crippen molar-refractivity contribution in [2.75, 3.05) is 72.0 Å². The van der Waals surface area contributed by atoms with Crippen molar-refractivity contribution in [3.05, 3.63) is 35.7 Å². The molecule has 2 aliphatic rings. The Morgan fingerprint density at radius 1 is 1.02 bits per heavy atom. The van der Waals surface area contributed by atoms with Crippen LogP contribution in [0.5, 0.6) is 17.2 Å². The molecule has 3 aromatic rings. The highest BCUT2D eigenvalue weighted by Crippen LogP contribution is 2.44. The lowest BCUT2D eigenvalue weighted by molar-refractivity contribution is -0.121. The Balaban J connectivity index is 1.53. The van der Waals surface area contributed by atoms with Crippen LogP contribution in [0.3, 0.4) is 0 Å². The Kier molecular flexibility index (Phi) is 9.69. The average Bonchev–Trinajstić information content (AvgIpc) is 3.42. The monoisotopic (exact) mass is 579 g/mol. The minimum Gasteiger partial charge on any atom is -0.493 e. The second-order valence-electron chi connectivity index (χ2n) is 11.4. The summed E-state index contributed by atoms with van der Waals surface area (Å²) in [7, 11) is 6.85. The van der Waals surface area contributed by atoms with Gasteiger partial charge in [0.2, 0.25) is 11.7 Å². The lowest BCUT2D eigenvalue weighted by atomic mass is 9.97. The summed E-state index contributed by atoms with van der Waals surface area (Å²) < 4.78 is 19.0. The van der Waals surface area contributed by atoms with E-state index in [1.165, 1.54) is 0 Å². The van der Waals surface area contributed by atoms with Crippen LogP contribution < -0.4 is 24.4 Å². The molecule has 0 aliphatic carbocycles. The van der Waals surface area contributed by atoms with Crippen molar-refractivity contribution in [3.63, 3.8) is 0 Å². The normalized spacial score (nSPS) is 19.5. The second kappa shape index (κ2) is 13.6. The highest BCUT2D eigenvalue weighted by molar-refractivity contribution is 5.92. The van der Waals surface area contributed by atoms with Crippen molar-refractivity contribution >= 4 is 22.6 Å². The van der Waals surface area contributed by atoms with E-state index in [-0.39, 0.29) is 5.91 Å². The summed E-state index contributed by atoms with van der Waals surface area (Å²) in [6.07, 6.45) is 6.59.